The first-order chi connectivity index (χ1) is 9.29. The summed E-state index contributed by atoms with van der Waals surface area (Å²) in [6.45, 7) is 1.86. The van der Waals surface area contributed by atoms with Gasteiger partial charge in [-0.3, -0.25) is 4.79 Å². The number of halogens is 1. The average molecular weight is 280 g/mol. The lowest BCUT2D eigenvalue weighted by atomic mass is 10.0. The minimum atomic E-state index is 0.0339. The standard InChI is InChI=1S/C15H18ClNO2/c16-9-14-10-19-6-5-17(14)15(18)13-7-11-3-1-2-4-12(11)8-13/h1-4,13-14H,5-10H2. The van der Waals surface area contributed by atoms with Crippen molar-refractivity contribution in [3.63, 3.8) is 0 Å². The number of carbonyl (C=O) groups is 1. The van der Waals surface area contributed by atoms with Gasteiger partial charge in [-0.1, -0.05) is 24.3 Å². The van der Waals surface area contributed by atoms with E-state index in [2.05, 4.69) is 12.1 Å². The number of hydrogen-bond acceptors (Lipinski definition) is 2. The van der Waals surface area contributed by atoms with Gasteiger partial charge in [0.1, 0.15) is 0 Å². The van der Waals surface area contributed by atoms with Crippen molar-refractivity contribution in [2.45, 2.75) is 18.9 Å². The summed E-state index contributed by atoms with van der Waals surface area (Å²) in [4.78, 5) is 14.6. The lowest BCUT2D eigenvalue weighted by Gasteiger charge is -2.36. The van der Waals surface area contributed by atoms with E-state index in [1.54, 1.807) is 0 Å². The van der Waals surface area contributed by atoms with Gasteiger partial charge in [-0.25, -0.2) is 0 Å². The number of hydrogen-bond donors (Lipinski definition) is 0. The zero-order chi connectivity index (χ0) is 13.2. The van der Waals surface area contributed by atoms with Crippen LogP contribution < -0.4 is 0 Å². The minimum Gasteiger partial charge on any atom is -0.377 e. The quantitative estimate of drug-likeness (QED) is 0.774. The van der Waals surface area contributed by atoms with Crippen LogP contribution in [0.1, 0.15) is 11.1 Å². The van der Waals surface area contributed by atoms with Crippen LogP contribution in [-0.2, 0) is 22.4 Å². The maximum atomic E-state index is 12.6. The number of fused-ring (bicyclic) bond motifs is 1. The molecule has 102 valence electrons. The molecule has 0 radical (unpaired) electrons. The third-order valence-electron chi connectivity index (χ3n) is 4.09. The van der Waals surface area contributed by atoms with E-state index in [4.69, 9.17) is 16.3 Å². The van der Waals surface area contributed by atoms with Crippen LogP contribution >= 0.6 is 11.6 Å². The molecule has 1 unspecified atom stereocenters. The lowest BCUT2D eigenvalue weighted by molar-refractivity contribution is -0.143. The van der Waals surface area contributed by atoms with Gasteiger partial charge in [0.15, 0.2) is 0 Å². The maximum Gasteiger partial charge on any atom is 0.226 e. The first kappa shape index (κ1) is 12.9. The number of benzene rings is 1. The third-order valence-corrected chi connectivity index (χ3v) is 4.45. The number of alkyl halides is 1. The average Bonchev–Trinajstić information content (AvgIpc) is 2.90. The normalized spacial score (nSPS) is 23.4. The van der Waals surface area contributed by atoms with Crippen LogP contribution in [0.15, 0.2) is 24.3 Å². The van der Waals surface area contributed by atoms with Gasteiger partial charge in [0, 0.05) is 18.3 Å². The molecule has 19 heavy (non-hydrogen) atoms. The van der Waals surface area contributed by atoms with Gasteiger partial charge in [0.05, 0.1) is 19.3 Å². The van der Waals surface area contributed by atoms with Crippen molar-refractivity contribution in [2.75, 3.05) is 25.6 Å². The molecule has 2 aliphatic rings. The Labute approximate surface area is 118 Å². The molecule has 1 fully saturated rings. The molecule has 1 heterocycles. The number of nitrogens with zero attached hydrogens (tertiary/aromatic N) is 1. The SMILES string of the molecule is O=C(C1Cc2ccccc2C1)N1CCOCC1CCl. The molecule has 0 N–H and O–H groups in total. The van der Waals surface area contributed by atoms with Gasteiger partial charge in [0.25, 0.3) is 0 Å². The molecular formula is C15H18ClNO2. The van der Waals surface area contributed by atoms with Crippen molar-refractivity contribution in [1.82, 2.24) is 4.90 Å². The Morgan fingerprint density at radius 3 is 2.63 bits per heavy atom. The van der Waals surface area contributed by atoms with Gasteiger partial charge in [0.2, 0.25) is 5.91 Å². The fraction of sp³-hybridized carbons (Fsp3) is 0.533. The summed E-state index contributed by atoms with van der Waals surface area (Å²) in [5, 5.41) is 0. The highest BCUT2D eigenvalue weighted by Crippen LogP contribution is 2.28. The highest BCUT2D eigenvalue weighted by Gasteiger charge is 2.34. The molecule has 3 nitrogen and oxygen atoms in total. The van der Waals surface area contributed by atoms with Crippen LogP contribution in [0.3, 0.4) is 0 Å². The molecule has 1 amide bonds. The van der Waals surface area contributed by atoms with Crippen LogP contribution in [0.5, 0.6) is 0 Å². The second-order valence-electron chi connectivity index (χ2n) is 5.29. The number of carbonyl (C=O) groups excluding carboxylic acids is 1. The minimum absolute atomic E-state index is 0.0339. The van der Waals surface area contributed by atoms with Crippen molar-refractivity contribution in [1.29, 1.82) is 0 Å². The predicted molar refractivity (Wildman–Crippen MR) is 74.4 cm³/mol. The second-order valence-corrected chi connectivity index (χ2v) is 5.60. The smallest absolute Gasteiger partial charge is 0.226 e. The first-order valence-electron chi connectivity index (χ1n) is 6.80. The molecule has 1 atom stereocenters. The molecular weight excluding hydrogens is 262 g/mol. The summed E-state index contributed by atoms with van der Waals surface area (Å²) < 4.78 is 5.40. The Hall–Kier alpha value is -1.06. The Morgan fingerprint density at radius 1 is 1.32 bits per heavy atom. The molecule has 3 rings (SSSR count). The fourth-order valence-electron chi connectivity index (χ4n) is 3.04. The first-order valence-corrected chi connectivity index (χ1v) is 7.34. The van der Waals surface area contributed by atoms with E-state index in [1.165, 1.54) is 11.1 Å². The predicted octanol–water partition coefficient (Wildman–Crippen LogP) is 1.87. The van der Waals surface area contributed by atoms with Gasteiger partial charge in [-0.15, -0.1) is 11.6 Å². The third kappa shape index (κ3) is 2.49. The van der Waals surface area contributed by atoms with E-state index in [-0.39, 0.29) is 17.9 Å². The number of ether oxygens (including phenoxy) is 1. The van der Waals surface area contributed by atoms with Crippen LogP contribution in [-0.4, -0.2) is 42.5 Å². The van der Waals surface area contributed by atoms with Crippen molar-refractivity contribution in [2.24, 2.45) is 5.92 Å². The molecule has 0 bridgehead atoms. The van der Waals surface area contributed by atoms with Crippen molar-refractivity contribution >= 4 is 17.5 Å². The van der Waals surface area contributed by atoms with E-state index in [1.807, 2.05) is 17.0 Å². The Kier molecular flexibility index (Phi) is 3.76. The van der Waals surface area contributed by atoms with E-state index in [0.29, 0.717) is 25.6 Å². The molecule has 1 aromatic rings. The molecule has 1 aliphatic heterocycles. The zero-order valence-corrected chi connectivity index (χ0v) is 11.6. The summed E-state index contributed by atoms with van der Waals surface area (Å²) in [7, 11) is 0. The Balaban J connectivity index is 1.72. The Bertz CT molecular complexity index is 452. The van der Waals surface area contributed by atoms with Gasteiger partial charge >= 0.3 is 0 Å². The summed E-state index contributed by atoms with van der Waals surface area (Å²) >= 11 is 5.94. The van der Waals surface area contributed by atoms with Crippen LogP contribution in [0.25, 0.3) is 0 Å². The molecule has 0 saturated carbocycles. The Morgan fingerprint density at radius 2 is 2.00 bits per heavy atom. The molecule has 4 heteroatoms. The largest absolute Gasteiger partial charge is 0.377 e. The summed E-state index contributed by atoms with van der Waals surface area (Å²) in [5.41, 5.74) is 2.63. The van der Waals surface area contributed by atoms with Crippen LogP contribution in [0.2, 0.25) is 0 Å². The molecule has 1 saturated heterocycles. The van der Waals surface area contributed by atoms with Crippen LogP contribution in [0, 0.1) is 5.92 Å². The topological polar surface area (TPSA) is 29.5 Å². The molecule has 1 aromatic carbocycles. The zero-order valence-electron chi connectivity index (χ0n) is 10.8. The number of amides is 1. The van der Waals surface area contributed by atoms with E-state index in [9.17, 15) is 4.79 Å². The summed E-state index contributed by atoms with van der Waals surface area (Å²) in [5.74, 6) is 0.775. The van der Waals surface area contributed by atoms with Gasteiger partial charge in [-0.2, -0.15) is 0 Å². The van der Waals surface area contributed by atoms with Crippen molar-refractivity contribution in [3.8, 4) is 0 Å². The highest BCUT2D eigenvalue weighted by molar-refractivity contribution is 6.18. The lowest BCUT2D eigenvalue weighted by Crippen LogP contribution is -2.51. The van der Waals surface area contributed by atoms with E-state index in [0.717, 1.165) is 12.8 Å². The summed E-state index contributed by atoms with van der Waals surface area (Å²) in [6.07, 6.45) is 1.72. The maximum absolute atomic E-state index is 12.6. The highest BCUT2D eigenvalue weighted by atomic mass is 35.5. The van der Waals surface area contributed by atoms with Gasteiger partial charge in [-0.05, 0) is 24.0 Å². The molecule has 1 aliphatic carbocycles. The van der Waals surface area contributed by atoms with Crippen LogP contribution in [0.4, 0.5) is 0 Å². The molecule has 0 spiro atoms. The molecule has 0 aromatic heterocycles. The van der Waals surface area contributed by atoms with E-state index < -0.39 is 0 Å². The van der Waals surface area contributed by atoms with Crippen molar-refractivity contribution < 1.29 is 9.53 Å². The number of rotatable bonds is 2. The monoisotopic (exact) mass is 279 g/mol. The fourth-order valence-corrected chi connectivity index (χ4v) is 3.30. The summed E-state index contributed by atoms with van der Waals surface area (Å²) in [6, 6.07) is 8.37. The van der Waals surface area contributed by atoms with Crippen molar-refractivity contribution in [3.05, 3.63) is 35.4 Å². The van der Waals surface area contributed by atoms with Gasteiger partial charge < -0.3 is 9.64 Å². The number of morpholine rings is 1. The van der Waals surface area contributed by atoms with E-state index >= 15 is 0 Å². The second kappa shape index (κ2) is 5.51.